The predicted octanol–water partition coefficient (Wildman–Crippen LogP) is 4.10. The van der Waals surface area contributed by atoms with Gasteiger partial charge in [-0.25, -0.2) is 0 Å². The van der Waals surface area contributed by atoms with Crippen molar-refractivity contribution >= 4 is 23.0 Å². The van der Waals surface area contributed by atoms with E-state index in [0.717, 1.165) is 17.2 Å². The standard InChI is InChI=1S/C19H24N2O2S/c1-19(2,3)14-4-8-16(9-5-14)22-12-13-23-17-10-6-15(7-11-17)21-18(20)24/h4-11H,12-13H2,1-3H3,(H3,20,21,24). The van der Waals surface area contributed by atoms with E-state index >= 15 is 0 Å². The zero-order chi connectivity index (χ0) is 17.6. The zero-order valence-corrected chi connectivity index (χ0v) is 15.2. The molecule has 5 heteroatoms. The molecule has 2 aromatic carbocycles. The summed E-state index contributed by atoms with van der Waals surface area (Å²) < 4.78 is 11.3. The number of ether oxygens (including phenoxy) is 2. The van der Waals surface area contributed by atoms with Crippen LogP contribution in [0.25, 0.3) is 0 Å². The second-order valence-corrected chi connectivity index (χ2v) is 6.92. The van der Waals surface area contributed by atoms with Gasteiger partial charge in [-0.3, -0.25) is 0 Å². The van der Waals surface area contributed by atoms with Gasteiger partial charge >= 0.3 is 0 Å². The fraction of sp³-hybridized carbons (Fsp3) is 0.316. The Morgan fingerprint density at radius 3 is 1.79 bits per heavy atom. The topological polar surface area (TPSA) is 56.5 Å². The van der Waals surface area contributed by atoms with E-state index in [1.165, 1.54) is 5.56 Å². The summed E-state index contributed by atoms with van der Waals surface area (Å²) in [6.45, 7) is 7.54. The smallest absolute Gasteiger partial charge is 0.168 e. The van der Waals surface area contributed by atoms with E-state index in [9.17, 15) is 0 Å². The van der Waals surface area contributed by atoms with Crippen molar-refractivity contribution in [1.29, 1.82) is 0 Å². The first-order valence-electron chi connectivity index (χ1n) is 7.87. The maximum Gasteiger partial charge on any atom is 0.168 e. The van der Waals surface area contributed by atoms with Crippen molar-refractivity contribution < 1.29 is 9.47 Å². The molecule has 2 rings (SSSR count). The maximum atomic E-state index is 5.70. The third-order valence-electron chi connectivity index (χ3n) is 3.46. The summed E-state index contributed by atoms with van der Waals surface area (Å²) in [6, 6.07) is 15.6. The van der Waals surface area contributed by atoms with E-state index in [1.54, 1.807) is 0 Å². The van der Waals surface area contributed by atoms with Crippen LogP contribution in [-0.2, 0) is 5.41 Å². The van der Waals surface area contributed by atoms with Crippen LogP contribution in [0.3, 0.4) is 0 Å². The lowest BCUT2D eigenvalue weighted by Gasteiger charge is -2.19. The van der Waals surface area contributed by atoms with Gasteiger partial charge in [0.2, 0.25) is 0 Å². The van der Waals surface area contributed by atoms with Crippen LogP contribution in [0.1, 0.15) is 26.3 Å². The molecule has 0 radical (unpaired) electrons. The lowest BCUT2D eigenvalue weighted by molar-refractivity contribution is 0.217. The molecule has 0 aliphatic rings. The quantitative estimate of drug-likeness (QED) is 0.610. The van der Waals surface area contributed by atoms with E-state index in [-0.39, 0.29) is 10.5 Å². The number of benzene rings is 2. The Hall–Kier alpha value is -2.27. The highest BCUT2D eigenvalue weighted by molar-refractivity contribution is 7.80. The fourth-order valence-corrected chi connectivity index (χ4v) is 2.26. The largest absolute Gasteiger partial charge is 0.490 e. The van der Waals surface area contributed by atoms with Crippen molar-refractivity contribution in [1.82, 2.24) is 0 Å². The van der Waals surface area contributed by atoms with Crippen LogP contribution in [0, 0.1) is 0 Å². The van der Waals surface area contributed by atoms with Gasteiger partial charge in [0.1, 0.15) is 24.7 Å². The predicted molar refractivity (Wildman–Crippen MR) is 103 cm³/mol. The molecule has 3 N–H and O–H groups in total. The summed E-state index contributed by atoms with van der Waals surface area (Å²) in [7, 11) is 0. The van der Waals surface area contributed by atoms with Crippen LogP contribution in [0.4, 0.5) is 5.69 Å². The third-order valence-corrected chi connectivity index (χ3v) is 3.57. The minimum Gasteiger partial charge on any atom is -0.490 e. The highest BCUT2D eigenvalue weighted by Gasteiger charge is 2.12. The molecular weight excluding hydrogens is 320 g/mol. The van der Waals surface area contributed by atoms with Crippen molar-refractivity contribution in [2.45, 2.75) is 26.2 Å². The first-order valence-corrected chi connectivity index (χ1v) is 8.28. The molecule has 24 heavy (non-hydrogen) atoms. The monoisotopic (exact) mass is 344 g/mol. The number of hydrogen-bond acceptors (Lipinski definition) is 3. The summed E-state index contributed by atoms with van der Waals surface area (Å²) in [5.41, 5.74) is 7.70. The molecule has 4 nitrogen and oxygen atoms in total. The van der Waals surface area contributed by atoms with Gasteiger partial charge in [-0.15, -0.1) is 0 Å². The Labute approximate surface area is 149 Å². The molecule has 0 heterocycles. The van der Waals surface area contributed by atoms with Gasteiger partial charge in [0.15, 0.2) is 5.11 Å². The van der Waals surface area contributed by atoms with Crippen LogP contribution < -0.4 is 20.5 Å². The molecule has 0 spiro atoms. The van der Waals surface area contributed by atoms with Crippen molar-refractivity contribution in [2.75, 3.05) is 18.5 Å². The molecule has 0 fully saturated rings. The van der Waals surface area contributed by atoms with Crippen molar-refractivity contribution in [3.05, 3.63) is 54.1 Å². The van der Waals surface area contributed by atoms with Gasteiger partial charge < -0.3 is 20.5 Å². The molecule has 2 aromatic rings. The minimum absolute atomic E-state index is 0.149. The minimum atomic E-state index is 0.149. The van der Waals surface area contributed by atoms with Crippen LogP contribution in [0.2, 0.25) is 0 Å². The molecular formula is C19H24N2O2S. The average molecular weight is 344 g/mol. The van der Waals surface area contributed by atoms with E-state index in [4.69, 9.17) is 27.4 Å². The molecule has 0 aliphatic heterocycles. The molecule has 0 atom stereocenters. The molecule has 0 aliphatic carbocycles. The Bertz CT molecular complexity index is 661. The van der Waals surface area contributed by atoms with Gasteiger partial charge in [0, 0.05) is 5.69 Å². The van der Waals surface area contributed by atoms with Crippen LogP contribution in [0.5, 0.6) is 11.5 Å². The van der Waals surface area contributed by atoms with E-state index in [1.807, 2.05) is 36.4 Å². The molecule has 0 saturated heterocycles. The molecule has 0 aromatic heterocycles. The number of hydrogen-bond donors (Lipinski definition) is 2. The Morgan fingerprint density at radius 1 is 0.917 bits per heavy atom. The van der Waals surface area contributed by atoms with Crippen LogP contribution in [0.15, 0.2) is 48.5 Å². The zero-order valence-electron chi connectivity index (χ0n) is 14.3. The molecule has 0 unspecified atom stereocenters. The van der Waals surface area contributed by atoms with E-state index in [0.29, 0.717) is 13.2 Å². The van der Waals surface area contributed by atoms with Crippen molar-refractivity contribution in [3.63, 3.8) is 0 Å². The summed E-state index contributed by atoms with van der Waals surface area (Å²) in [5, 5.41) is 3.11. The first kappa shape index (κ1) is 18.1. The SMILES string of the molecule is CC(C)(C)c1ccc(OCCOc2ccc(NC(N)=S)cc2)cc1. The lowest BCUT2D eigenvalue weighted by atomic mass is 9.87. The molecule has 0 saturated carbocycles. The normalized spacial score (nSPS) is 11.0. The van der Waals surface area contributed by atoms with Gasteiger partial charge in [0.05, 0.1) is 0 Å². The molecule has 0 bridgehead atoms. The van der Waals surface area contributed by atoms with Gasteiger partial charge in [-0.05, 0) is 59.6 Å². The molecule has 128 valence electrons. The summed E-state index contributed by atoms with van der Waals surface area (Å²) in [5.74, 6) is 1.62. The Balaban J connectivity index is 1.75. The summed E-state index contributed by atoms with van der Waals surface area (Å²) >= 11 is 4.79. The summed E-state index contributed by atoms with van der Waals surface area (Å²) in [6.07, 6.45) is 0. The number of nitrogens with one attached hydrogen (secondary N) is 1. The number of rotatable bonds is 6. The lowest BCUT2D eigenvalue weighted by Crippen LogP contribution is -2.18. The van der Waals surface area contributed by atoms with Gasteiger partial charge in [0.25, 0.3) is 0 Å². The second-order valence-electron chi connectivity index (χ2n) is 6.48. The Morgan fingerprint density at radius 2 is 1.38 bits per heavy atom. The first-order chi connectivity index (χ1) is 11.3. The third kappa shape index (κ3) is 5.74. The highest BCUT2D eigenvalue weighted by atomic mass is 32.1. The van der Waals surface area contributed by atoms with Crippen LogP contribution >= 0.6 is 12.2 Å². The summed E-state index contributed by atoms with van der Waals surface area (Å²) in [4.78, 5) is 0. The molecule has 0 amide bonds. The number of nitrogens with two attached hydrogens (primary N) is 1. The average Bonchev–Trinajstić information content (AvgIpc) is 2.52. The van der Waals surface area contributed by atoms with Gasteiger partial charge in [-0.2, -0.15) is 0 Å². The fourth-order valence-electron chi connectivity index (χ4n) is 2.15. The van der Waals surface area contributed by atoms with Gasteiger partial charge in [-0.1, -0.05) is 32.9 Å². The highest BCUT2D eigenvalue weighted by Crippen LogP contribution is 2.24. The number of thiocarbonyl (C=S) groups is 1. The van der Waals surface area contributed by atoms with Crippen LogP contribution in [-0.4, -0.2) is 18.3 Å². The van der Waals surface area contributed by atoms with E-state index in [2.05, 4.69) is 38.2 Å². The van der Waals surface area contributed by atoms with E-state index < -0.39 is 0 Å². The second kappa shape index (κ2) is 8.02. The van der Waals surface area contributed by atoms with Crippen molar-refractivity contribution in [3.8, 4) is 11.5 Å². The van der Waals surface area contributed by atoms with Crippen molar-refractivity contribution in [2.24, 2.45) is 5.73 Å². The number of anilines is 1. The Kier molecular flexibility index (Phi) is 6.04. The maximum absolute atomic E-state index is 5.70.